The van der Waals surface area contributed by atoms with E-state index in [-0.39, 0.29) is 6.04 Å². The first-order valence-electron chi connectivity index (χ1n) is 13.7. The SMILES string of the molecule is C=C/C=C\C(N)=C/C.C=CC(CCc1ccccc1)N=C(N)CC.CC.CC.CC1CCCCC1. The van der Waals surface area contributed by atoms with Gasteiger partial charge in [0.05, 0.1) is 11.9 Å². The number of aliphatic imine (C=N–C) groups is 1. The monoisotopic (exact) mass is 483 g/mol. The van der Waals surface area contributed by atoms with Crippen LogP contribution in [-0.4, -0.2) is 11.9 Å². The maximum absolute atomic E-state index is 5.72. The summed E-state index contributed by atoms with van der Waals surface area (Å²) in [5.41, 5.74) is 13.2. The Kier molecular flexibility index (Phi) is 31.2. The zero-order valence-electron chi connectivity index (χ0n) is 24.1. The molecule has 200 valence electrons. The summed E-state index contributed by atoms with van der Waals surface area (Å²) in [6, 6.07) is 10.5. The van der Waals surface area contributed by atoms with Crippen molar-refractivity contribution in [2.24, 2.45) is 22.4 Å². The van der Waals surface area contributed by atoms with E-state index >= 15 is 0 Å². The molecule has 2 rings (SSSR count). The molecule has 0 aromatic heterocycles. The van der Waals surface area contributed by atoms with E-state index in [4.69, 9.17) is 11.5 Å². The molecule has 1 aromatic carbocycles. The Hall–Kier alpha value is -2.55. The van der Waals surface area contributed by atoms with Crippen LogP contribution in [0.1, 0.15) is 99.0 Å². The van der Waals surface area contributed by atoms with Gasteiger partial charge in [-0.1, -0.05) is 135 Å². The van der Waals surface area contributed by atoms with E-state index in [9.17, 15) is 0 Å². The third kappa shape index (κ3) is 25.9. The van der Waals surface area contributed by atoms with Gasteiger partial charge in [0.1, 0.15) is 0 Å². The molecule has 35 heavy (non-hydrogen) atoms. The van der Waals surface area contributed by atoms with Crippen LogP contribution in [0.15, 0.2) is 84.6 Å². The van der Waals surface area contributed by atoms with Gasteiger partial charge in [-0.25, -0.2) is 0 Å². The van der Waals surface area contributed by atoms with Gasteiger partial charge in [-0.3, -0.25) is 4.99 Å². The Balaban J connectivity index is -0.000000452. The van der Waals surface area contributed by atoms with Crippen LogP contribution in [0, 0.1) is 5.92 Å². The lowest BCUT2D eigenvalue weighted by Crippen LogP contribution is -2.14. The van der Waals surface area contributed by atoms with Gasteiger partial charge in [-0.05, 0) is 37.3 Å². The molecule has 1 saturated carbocycles. The van der Waals surface area contributed by atoms with Crippen molar-refractivity contribution in [3.05, 3.63) is 85.1 Å². The van der Waals surface area contributed by atoms with E-state index in [2.05, 4.69) is 49.3 Å². The predicted molar refractivity (Wildman–Crippen MR) is 163 cm³/mol. The molecule has 0 saturated heterocycles. The minimum atomic E-state index is 0.139. The van der Waals surface area contributed by atoms with Crippen molar-refractivity contribution in [1.82, 2.24) is 0 Å². The Morgan fingerprint density at radius 2 is 1.60 bits per heavy atom. The molecule has 4 N–H and O–H groups in total. The zero-order valence-corrected chi connectivity index (χ0v) is 24.1. The summed E-state index contributed by atoms with van der Waals surface area (Å²) in [6.07, 6.45) is 19.2. The van der Waals surface area contributed by atoms with E-state index < -0.39 is 0 Å². The molecule has 0 aliphatic heterocycles. The molecule has 3 nitrogen and oxygen atoms in total. The summed E-state index contributed by atoms with van der Waals surface area (Å²) in [4.78, 5) is 4.40. The normalized spacial score (nSPS) is 14.4. The lowest BCUT2D eigenvalue weighted by atomic mass is 9.91. The van der Waals surface area contributed by atoms with Crippen molar-refractivity contribution in [3.63, 3.8) is 0 Å². The molecule has 0 heterocycles. The van der Waals surface area contributed by atoms with Crippen LogP contribution < -0.4 is 11.5 Å². The van der Waals surface area contributed by atoms with Gasteiger partial charge in [0.2, 0.25) is 0 Å². The largest absolute Gasteiger partial charge is 0.399 e. The van der Waals surface area contributed by atoms with Crippen LogP contribution in [0.3, 0.4) is 0 Å². The molecule has 0 bridgehead atoms. The second-order valence-corrected chi connectivity index (χ2v) is 7.93. The molecule has 0 spiro atoms. The smallest absolute Gasteiger partial charge is 0.0941 e. The molecule has 1 aliphatic rings. The molecule has 0 amide bonds. The van der Waals surface area contributed by atoms with Gasteiger partial charge in [0.15, 0.2) is 0 Å². The number of aryl methyl sites for hydroxylation is 1. The summed E-state index contributed by atoms with van der Waals surface area (Å²) >= 11 is 0. The van der Waals surface area contributed by atoms with Crippen LogP contribution in [0.2, 0.25) is 0 Å². The Bertz CT molecular complexity index is 665. The highest BCUT2D eigenvalue weighted by atomic mass is 14.9. The highest BCUT2D eigenvalue weighted by Crippen LogP contribution is 2.22. The van der Waals surface area contributed by atoms with Gasteiger partial charge in [-0.15, -0.1) is 6.58 Å². The number of allylic oxidation sites excluding steroid dienone is 4. The maximum Gasteiger partial charge on any atom is 0.0941 e. The fourth-order valence-corrected chi connectivity index (χ4v) is 3.08. The van der Waals surface area contributed by atoms with Crippen LogP contribution in [-0.2, 0) is 6.42 Å². The molecular weight excluding hydrogens is 426 g/mol. The minimum Gasteiger partial charge on any atom is -0.399 e. The third-order valence-electron chi connectivity index (χ3n) is 5.19. The van der Waals surface area contributed by atoms with E-state index in [1.165, 1.54) is 37.7 Å². The first-order chi connectivity index (χ1) is 17.0. The quantitative estimate of drug-likeness (QED) is 0.167. The molecule has 0 radical (unpaired) electrons. The van der Waals surface area contributed by atoms with Crippen LogP contribution in [0.25, 0.3) is 0 Å². The van der Waals surface area contributed by atoms with E-state index in [1.807, 2.05) is 59.8 Å². The van der Waals surface area contributed by atoms with Crippen molar-refractivity contribution in [2.45, 2.75) is 106 Å². The number of benzene rings is 1. The zero-order chi connectivity index (χ0) is 27.3. The third-order valence-corrected chi connectivity index (χ3v) is 5.19. The average molecular weight is 484 g/mol. The summed E-state index contributed by atoms with van der Waals surface area (Å²) in [5, 5.41) is 0. The second kappa shape index (κ2) is 29.5. The van der Waals surface area contributed by atoms with Crippen molar-refractivity contribution in [1.29, 1.82) is 0 Å². The predicted octanol–water partition coefficient (Wildman–Crippen LogP) is 9.17. The standard InChI is InChI=1S/C14H20N2.C7H11N.C7H14.2C2H6/c1-3-13(16-14(15)4-2)11-10-12-8-6-5-7-9-12;1-3-5-6-7(8)4-2;1-7-5-3-2-4-6-7;2*1-2/h3,5-9,13H,1,4,10-11H2,2H3,(H2,15,16);3-6H,1,8H2,2H3;7H,2-6H2,1H3;2*1-2H3/b;6-5-,7-4+;;;. The highest BCUT2D eigenvalue weighted by Gasteiger charge is 2.06. The van der Waals surface area contributed by atoms with Gasteiger partial charge in [-0.2, -0.15) is 0 Å². The minimum absolute atomic E-state index is 0.139. The lowest BCUT2D eigenvalue weighted by Gasteiger charge is -2.15. The van der Waals surface area contributed by atoms with Gasteiger partial charge in [0.25, 0.3) is 0 Å². The summed E-state index contributed by atoms with van der Waals surface area (Å²) in [5.74, 6) is 1.74. The van der Waals surface area contributed by atoms with E-state index in [0.717, 1.165) is 30.9 Å². The van der Waals surface area contributed by atoms with Crippen molar-refractivity contribution in [2.75, 3.05) is 0 Å². The Morgan fingerprint density at radius 3 is 2.00 bits per heavy atom. The fraction of sp³-hybridized carbons (Fsp3) is 0.531. The molecule has 1 fully saturated rings. The molecule has 1 unspecified atom stereocenters. The van der Waals surface area contributed by atoms with Crippen molar-refractivity contribution >= 4 is 5.84 Å². The Labute approximate surface area is 219 Å². The first kappa shape index (κ1) is 37.0. The van der Waals surface area contributed by atoms with E-state index in [0.29, 0.717) is 5.84 Å². The number of nitrogens with two attached hydrogens (primary N) is 2. The second-order valence-electron chi connectivity index (χ2n) is 7.93. The van der Waals surface area contributed by atoms with Crippen molar-refractivity contribution < 1.29 is 0 Å². The lowest BCUT2D eigenvalue weighted by molar-refractivity contribution is 0.385. The van der Waals surface area contributed by atoms with Gasteiger partial charge >= 0.3 is 0 Å². The molecule has 3 heteroatoms. The number of rotatable bonds is 8. The molecule has 1 aromatic rings. The molecular formula is C32H57N3. The molecule has 1 atom stereocenters. The number of amidine groups is 1. The Morgan fingerprint density at radius 1 is 1.03 bits per heavy atom. The van der Waals surface area contributed by atoms with Crippen molar-refractivity contribution in [3.8, 4) is 0 Å². The van der Waals surface area contributed by atoms with Crippen LogP contribution >= 0.6 is 0 Å². The average Bonchev–Trinajstić information content (AvgIpc) is 2.93. The number of nitrogens with zero attached hydrogens (tertiary/aromatic N) is 1. The highest BCUT2D eigenvalue weighted by molar-refractivity contribution is 5.80. The summed E-state index contributed by atoms with van der Waals surface area (Å²) < 4.78 is 0. The van der Waals surface area contributed by atoms with E-state index in [1.54, 1.807) is 18.2 Å². The first-order valence-corrected chi connectivity index (χ1v) is 13.7. The summed E-state index contributed by atoms with van der Waals surface area (Å²) in [6.45, 7) is 21.6. The fourth-order valence-electron chi connectivity index (χ4n) is 3.08. The number of hydrogen-bond acceptors (Lipinski definition) is 2. The number of hydrogen-bond donors (Lipinski definition) is 2. The van der Waals surface area contributed by atoms with Gasteiger partial charge < -0.3 is 11.5 Å². The summed E-state index contributed by atoms with van der Waals surface area (Å²) in [7, 11) is 0. The van der Waals surface area contributed by atoms with Crippen LogP contribution in [0.4, 0.5) is 0 Å². The van der Waals surface area contributed by atoms with Crippen LogP contribution in [0.5, 0.6) is 0 Å². The van der Waals surface area contributed by atoms with Gasteiger partial charge in [0, 0.05) is 12.1 Å². The maximum atomic E-state index is 5.72. The topological polar surface area (TPSA) is 64.4 Å². The molecule has 1 aliphatic carbocycles.